The van der Waals surface area contributed by atoms with Crippen LogP contribution >= 0.6 is 22.7 Å². The predicted octanol–water partition coefficient (Wildman–Crippen LogP) is 2.12. The van der Waals surface area contributed by atoms with E-state index >= 15 is 0 Å². The van der Waals surface area contributed by atoms with Crippen molar-refractivity contribution in [2.24, 2.45) is 0 Å². The Morgan fingerprint density at radius 2 is 2.30 bits per heavy atom. The van der Waals surface area contributed by atoms with Crippen LogP contribution in [0.2, 0.25) is 0 Å². The first-order valence-electron chi connectivity index (χ1n) is 7.21. The molecule has 3 heterocycles. The number of ether oxygens (including phenoxy) is 1. The highest BCUT2D eigenvalue weighted by Crippen LogP contribution is 2.28. The average molecular weight is 352 g/mol. The number of carboxylic acids is 1. The lowest BCUT2D eigenvalue weighted by atomic mass is 10.2. The van der Waals surface area contributed by atoms with Gasteiger partial charge in [0.05, 0.1) is 36.1 Å². The Hall–Kier alpha value is -1.77. The van der Waals surface area contributed by atoms with E-state index in [0.29, 0.717) is 19.7 Å². The van der Waals surface area contributed by atoms with Crippen LogP contribution in [0.25, 0.3) is 9.88 Å². The average Bonchev–Trinajstić information content (AvgIpc) is 3.17. The minimum Gasteiger partial charge on any atom is -0.481 e. The summed E-state index contributed by atoms with van der Waals surface area (Å²) < 4.78 is 5.39. The van der Waals surface area contributed by atoms with Gasteiger partial charge >= 0.3 is 5.97 Å². The van der Waals surface area contributed by atoms with Gasteiger partial charge in [0.25, 0.3) is 0 Å². The van der Waals surface area contributed by atoms with Crippen LogP contribution in [0, 0.1) is 0 Å². The third kappa shape index (κ3) is 4.15. The SMILES string of the molecule is O=C(O)CC1CN(C(=O)Cc2csc(-c3cccs3)n2)CCO1. The number of hydrogen-bond acceptors (Lipinski definition) is 6. The van der Waals surface area contributed by atoms with E-state index < -0.39 is 12.1 Å². The molecule has 2 aromatic heterocycles. The van der Waals surface area contributed by atoms with Gasteiger partial charge in [0.15, 0.2) is 0 Å². The Bertz CT molecular complexity index is 683. The number of hydrogen-bond donors (Lipinski definition) is 1. The van der Waals surface area contributed by atoms with Crippen LogP contribution < -0.4 is 0 Å². The highest BCUT2D eigenvalue weighted by molar-refractivity contribution is 7.20. The molecule has 23 heavy (non-hydrogen) atoms. The zero-order valence-electron chi connectivity index (χ0n) is 12.3. The third-order valence-electron chi connectivity index (χ3n) is 3.51. The molecule has 3 rings (SSSR count). The Balaban J connectivity index is 1.59. The van der Waals surface area contributed by atoms with Gasteiger partial charge in [-0.1, -0.05) is 6.07 Å². The summed E-state index contributed by atoms with van der Waals surface area (Å²) in [6.45, 7) is 1.20. The molecular formula is C15H16N2O4S2. The summed E-state index contributed by atoms with van der Waals surface area (Å²) in [5.74, 6) is -0.948. The van der Waals surface area contributed by atoms with E-state index in [4.69, 9.17) is 9.84 Å². The van der Waals surface area contributed by atoms with Crippen LogP contribution in [-0.2, 0) is 20.7 Å². The Morgan fingerprint density at radius 3 is 3.04 bits per heavy atom. The number of aromatic nitrogens is 1. The van der Waals surface area contributed by atoms with Gasteiger partial charge in [-0.2, -0.15) is 0 Å². The van der Waals surface area contributed by atoms with Crippen LogP contribution in [0.5, 0.6) is 0 Å². The van der Waals surface area contributed by atoms with Gasteiger partial charge in [0.1, 0.15) is 5.01 Å². The monoisotopic (exact) mass is 352 g/mol. The van der Waals surface area contributed by atoms with E-state index in [9.17, 15) is 9.59 Å². The maximum Gasteiger partial charge on any atom is 0.306 e. The van der Waals surface area contributed by atoms with Crippen molar-refractivity contribution in [2.45, 2.75) is 18.9 Å². The van der Waals surface area contributed by atoms with E-state index in [2.05, 4.69) is 4.98 Å². The summed E-state index contributed by atoms with van der Waals surface area (Å²) in [6.07, 6.45) is -0.271. The van der Waals surface area contributed by atoms with E-state index in [0.717, 1.165) is 15.6 Å². The van der Waals surface area contributed by atoms with E-state index in [-0.39, 0.29) is 18.7 Å². The van der Waals surface area contributed by atoms with Gasteiger partial charge < -0.3 is 14.7 Å². The summed E-state index contributed by atoms with van der Waals surface area (Å²) in [7, 11) is 0. The van der Waals surface area contributed by atoms with Crippen molar-refractivity contribution in [3.8, 4) is 9.88 Å². The van der Waals surface area contributed by atoms with Crippen LogP contribution in [-0.4, -0.2) is 52.7 Å². The molecule has 1 aliphatic heterocycles. The molecule has 6 nitrogen and oxygen atoms in total. The van der Waals surface area contributed by atoms with Crippen LogP contribution in [0.4, 0.5) is 0 Å². The topological polar surface area (TPSA) is 79.7 Å². The first kappa shape index (κ1) is 16.1. The highest BCUT2D eigenvalue weighted by Gasteiger charge is 2.26. The molecule has 0 aromatic carbocycles. The van der Waals surface area contributed by atoms with Crippen molar-refractivity contribution >= 4 is 34.6 Å². The number of carbonyl (C=O) groups excluding carboxylic acids is 1. The van der Waals surface area contributed by atoms with Gasteiger partial charge in [0, 0.05) is 18.5 Å². The zero-order valence-corrected chi connectivity index (χ0v) is 13.9. The minimum atomic E-state index is -0.913. The second-order valence-corrected chi connectivity index (χ2v) is 7.03. The number of thiophene rings is 1. The molecule has 1 N–H and O–H groups in total. The Kier molecular flexibility index (Phi) is 5.04. The van der Waals surface area contributed by atoms with E-state index in [1.165, 1.54) is 11.3 Å². The molecular weight excluding hydrogens is 336 g/mol. The number of thiazole rings is 1. The number of aliphatic carboxylic acids is 1. The van der Waals surface area contributed by atoms with E-state index in [1.54, 1.807) is 16.2 Å². The Morgan fingerprint density at radius 1 is 1.43 bits per heavy atom. The first-order chi connectivity index (χ1) is 11.1. The fourth-order valence-corrected chi connectivity index (χ4v) is 4.07. The lowest BCUT2D eigenvalue weighted by molar-refractivity contribution is -0.147. The maximum absolute atomic E-state index is 12.4. The number of carbonyl (C=O) groups is 2. The molecule has 8 heteroatoms. The van der Waals surface area contributed by atoms with Gasteiger partial charge in [0.2, 0.25) is 5.91 Å². The second kappa shape index (κ2) is 7.20. The van der Waals surface area contributed by atoms with Crippen molar-refractivity contribution in [1.29, 1.82) is 0 Å². The Labute approximate surface area is 141 Å². The number of amides is 1. The molecule has 1 amide bonds. The maximum atomic E-state index is 12.4. The fourth-order valence-electron chi connectivity index (χ4n) is 2.43. The highest BCUT2D eigenvalue weighted by atomic mass is 32.1. The fraction of sp³-hybridized carbons (Fsp3) is 0.400. The standard InChI is InChI=1S/C15H16N2O4S2/c18-13(17-3-4-21-11(8-17)7-14(19)20)6-10-9-23-15(16-10)12-2-1-5-22-12/h1-2,5,9,11H,3-4,6-8H2,(H,19,20). The molecule has 0 aliphatic carbocycles. The second-order valence-electron chi connectivity index (χ2n) is 5.23. The zero-order chi connectivity index (χ0) is 16.2. The number of carboxylic acid groups (broad SMARTS) is 1. The number of morpholine rings is 1. The summed E-state index contributed by atoms with van der Waals surface area (Å²) in [4.78, 5) is 30.4. The molecule has 0 bridgehead atoms. The van der Waals surface area contributed by atoms with Gasteiger partial charge in [-0.3, -0.25) is 9.59 Å². The minimum absolute atomic E-state index is 0.0354. The van der Waals surface area contributed by atoms with Crippen molar-refractivity contribution < 1.29 is 19.4 Å². The quantitative estimate of drug-likeness (QED) is 0.891. The number of rotatable bonds is 5. The molecule has 0 spiro atoms. The molecule has 0 radical (unpaired) electrons. The lowest BCUT2D eigenvalue weighted by Crippen LogP contribution is -2.46. The first-order valence-corrected chi connectivity index (χ1v) is 8.97. The van der Waals surface area contributed by atoms with Gasteiger partial charge in [-0.25, -0.2) is 4.98 Å². The van der Waals surface area contributed by atoms with Gasteiger partial charge in [-0.05, 0) is 11.4 Å². The summed E-state index contributed by atoms with van der Waals surface area (Å²) in [5.41, 5.74) is 0.754. The summed E-state index contributed by atoms with van der Waals surface area (Å²) in [6, 6.07) is 3.98. The summed E-state index contributed by atoms with van der Waals surface area (Å²) >= 11 is 3.15. The van der Waals surface area contributed by atoms with Crippen molar-refractivity contribution in [3.05, 3.63) is 28.6 Å². The largest absolute Gasteiger partial charge is 0.481 e. The third-order valence-corrected chi connectivity index (χ3v) is 5.44. The normalized spacial score (nSPS) is 18.1. The molecule has 1 saturated heterocycles. The van der Waals surface area contributed by atoms with Crippen LogP contribution in [0.1, 0.15) is 12.1 Å². The number of nitrogens with zero attached hydrogens (tertiary/aromatic N) is 2. The molecule has 1 atom stereocenters. The van der Waals surface area contributed by atoms with Crippen LogP contribution in [0.15, 0.2) is 22.9 Å². The molecule has 2 aromatic rings. The molecule has 1 unspecified atom stereocenters. The van der Waals surface area contributed by atoms with E-state index in [1.807, 2.05) is 22.9 Å². The van der Waals surface area contributed by atoms with Crippen molar-refractivity contribution in [2.75, 3.05) is 19.7 Å². The lowest BCUT2D eigenvalue weighted by Gasteiger charge is -2.32. The summed E-state index contributed by atoms with van der Waals surface area (Å²) in [5, 5.41) is 13.7. The molecule has 0 saturated carbocycles. The molecule has 122 valence electrons. The predicted molar refractivity (Wildman–Crippen MR) is 87.7 cm³/mol. The molecule has 1 fully saturated rings. The van der Waals surface area contributed by atoms with Crippen LogP contribution in [0.3, 0.4) is 0 Å². The van der Waals surface area contributed by atoms with Crippen molar-refractivity contribution in [3.63, 3.8) is 0 Å². The smallest absolute Gasteiger partial charge is 0.306 e. The molecule has 1 aliphatic rings. The van der Waals surface area contributed by atoms with Crippen molar-refractivity contribution in [1.82, 2.24) is 9.88 Å². The van der Waals surface area contributed by atoms with Gasteiger partial charge in [-0.15, -0.1) is 22.7 Å².